The molecule has 5 rings (SSSR count). The summed E-state index contributed by atoms with van der Waals surface area (Å²) < 4.78 is 12.2. The fraction of sp³-hybridized carbons (Fsp3) is 0.409. The van der Waals surface area contributed by atoms with Crippen molar-refractivity contribution in [1.29, 1.82) is 0 Å². The molecule has 2 aromatic carbocycles. The molecular formula is C22H23N3O6S. The number of ether oxygens (including phenoxy) is 2. The number of rotatable bonds is 5. The number of fused-ring (bicyclic) bond motifs is 2. The predicted molar refractivity (Wildman–Crippen MR) is 118 cm³/mol. The number of nitrogens with one attached hydrogen (secondary N) is 1. The maximum absolute atomic E-state index is 11.1. The van der Waals surface area contributed by atoms with Crippen LogP contribution in [0.25, 0.3) is 0 Å². The van der Waals surface area contributed by atoms with Crippen LogP contribution < -0.4 is 10.1 Å². The molecule has 2 fully saturated rings. The number of nitro benzene ring substituents is 1. The zero-order valence-electron chi connectivity index (χ0n) is 17.2. The summed E-state index contributed by atoms with van der Waals surface area (Å²) in [7, 11) is 0. The van der Waals surface area contributed by atoms with Crippen molar-refractivity contribution < 1.29 is 24.3 Å². The van der Waals surface area contributed by atoms with Gasteiger partial charge >= 0.3 is 6.09 Å². The van der Waals surface area contributed by atoms with Crippen molar-refractivity contribution in [3.8, 4) is 5.75 Å². The summed E-state index contributed by atoms with van der Waals surface area (Å²) in [6.07, 6.45) is 2.61. The Morgan fingerprint density at radius 2 is 1.75 bits per heavy atom. The van der Waals surface area contributed by atoms with Crippen molar-refractivity contribution in [3.05, 3.63) is 46.5 Å². The number of carbonyl (C=O) groups is 1. The largest absolute Gasteiger partial charge is 0.490 e. The number of hydrogen-bond donors (Lipinski definition) is 2. The summed E-state index contributed by atoms with van der Waals surface area (Å²) in [5.74, 6) is 0.769. The zero-order valence-corrected chi connectivity index (χ0v) is 18.0. The van der Waals surface area contributed by atoms with Crippen LogP contribution in [-0.4, -0.2) is 52.4 Å². The number of amides is 1. The second-order valence-corrected chi connectivity index (χ2v) is 9.34. The molecule has 9 nitrogen and oxygen atoms in total. The summed E-state index contributed by atoms with van der Waals surface area (Å²) in [5.41, 5.74) is 1.88. The number of piperidine rings is 1. The molecule has 1 amide bonds. The number of benzene rings is 2. The first-order chi connectivity index (χ1) is 15.4. The molecule has 2 N–H and O–H groups in total. The molecule has 0 spiro atoms. The molecule has 2 aromatic rings. The van der Waals surface area contributed by atoms with E-state index in [0.717, 1.165) is 52.6 Å². The van der Waals surface area contributed by atoms with Crippen molar-refractivity contribution in [2.24, 2.45) is 0 Å². The average molecular weight is 458 g/mol. The molecule has 0 atom stereocenters. The summed E-state index contributed by atoms with van der Waals surface area (Å²) in [6.45, 7) is 1.06. The Bertz CT molecular complexity index is 1050. The van der Waals surface area contributed by atoms with Crippen LogP contribution in [0.2, 0.25) is 0 Å². The highest BCUT2D eigenvalue weighted by Crippen LogP contribution is 2.46. The Morgan fingerprint density at radius 3 is 2.44 bits per heavy atom. The highest BCUT2D eigenvalue weighted by atomic mass is 32.2. The van der Waals surface area contributed by atoms with Gasteiger partial charge in [-0.15, -0.1) is 0 Å². The molecule has 0 unspecified atom stereocenters. The van der Waals surface area contributed by atoms with Crippen LogP contribution in [0, 0.1) is 10.1 Å². The molecule has 32 heavy (non-hydrogen) atoms. The second-order valence-electron chi connectivity index (χ2n) is 8.26. The summed E-state index contributed by atoms with van der Waals surface area (Å²) in [6, 6.07) is 10.7. The van der Waals surface area contributed by atoms with Gasteiger partial charge in [-0.1, -0.05) is 11.8 Å². The van der Waals surface area contributed by atoms with E-state index in [1.54, 1.807) is 12.1 Å². The number of likely N-dealkylation sites (tertiary alicyclic amines) is 1. The quantitative estimate of drug-likeness (QED) is 0.412. The van der Waals surface area contributed by atoms with Crippen molar-refractivity contribution >= 4 is 34.9 Å². The van der Waals surface area contributed by atoms with Gasteiger partial charge in [0.15, 0.2) is 0 Å². The first-order valence-electron chi connectivity index (χ1n) is 10.6. The van der Waals surface area contributed by atoms with Gasteiger partial charge in [0.25, 0.3) is 5.69 Å². The number of carboxylic acid groups (broad SMARTS) is 1. The Labute approximate surface area is 188 Å². The fourth-order valence-corrected chi connectivity index (χ4v) is 5.26. The average Bonchev–Trinajstić information content (AvgIpc) is 2.76. The lowest BCUT2D eigenvalue weighted by Gasteiger charge is -2.39. The van der Waals surface area contributed by atoms with Gasteiger partial charge in [-0.2, -0.15) is 0 Å². The van der Waals surface area contributed by atoms with Crippen LogP contribution in [0.4, 0.5) is 21.9 Å². The van der Waals surface area contributed by atoms with Gasteiger partial charge in [-0.3, -0.25) is 10.1 Å². The van der Waals surface area contributed by atoms with Crippen LogP contribution in [0.5, 0.6) is 5.75 Å². The van der Waals surface area contributed by atoms with Crippen LogP contribution in [0.1, 0.15) is 25.7 Å². The Kier molecular flexibility index (Phi) is 5.56. The van der Waals surface area contributed by atoms with E-state index >= 15 is 0 Å². The van der Waals surface area contributed by atoms with Gasteiger partial charge in [-0.25, -0.2) is 4.79 Å². The third-order valence-corrected chi connectivity index (χ3v) is 7.19. The molecular weight excluding hydrogens is 434 g/mol. The van der Waals surface area contributed by atoms with Crippen molar-refractivity contribution in [2.45, 2.75) is 53.8 Å². The number of anilines is 2. The third kappa shape index (κ3) is 4.33. The minimum atomic E-state index is -0.860. The number of nitro groups is 1. The van der Waals surface area contributed by atoms with E-state index in [4.69, 9.17) is 14.6 Å². The topological polar surface area (TPSA) is 114 Å². The van der Waals surface area contributed by atoms with E-state index in [2.05, 4.69) is 5.32 Å². The molecule has 0 bridgehead atoms. The standard InChI is InChI=1S/C22H23N3O6S/c26-22(27)24-7-5-14(6-8-24)30-16-10-17(11-16)31-15-2-4-19-21(12-15)32-20-9-13(25(28)29)1-3-18(20)23-19/h1-4,9,12,14,16-17,23H,5-8,10-11H2,(H,26,27). The van der Waals surface area contributed by atoms with E-state index in [1.165, 1.54) is 22.7 Å². The van der Waals surface area contributed by atoms with E-state index in [0.29, 0.717) is 13.1 Å². The lowest BCUT2D eigenvalue weighted by Crippen LogP contribution is -2.45. The van der Waals surface area contributed by atoms with Gasteiger partial charge in [-0.05, 0) is 37.1 Å². The van der Waals surface area contributed by atoms with Gasteiger partial charge in [0.2, 0.25) is 0 Å². The van der Waals surface area contributed by atoms with E-state index in [-0.39, 0.29) is 28.9 Å². The molecule has 10 heteroatoms. The molecule has 2 aliphatic heterocycles. The minimum Gasteiger partial charge on any atom is -0.490 e. The molecule has 0 radical (unpaired) electrons. The lowest BCUT2D eigenvalue weighted by molar-refractivity contribution is -0.385. The normalized spacial score (nSPS) is 22.2. The fourth-order valence-electron chi connectivity index (χ4n) is 4.21. The molecule has 168 valence electrons. The molecule has 1 saturated heterocycles. The SMILES string of the molecule is O=C(O)N1CCC(OC2CC(Oc3ccc4c(c3)Sc3cc([N+](=O)[O-])ccc3N4)C2)CC1. The first kappa shape index (κ1) is 20.9. The van der Waals surface area contributed by atoms with E-state index < -0.39 is 6.09 Å². The van der Waals surface area contributed by atoms with Crippen LogP contribution in [0.3, 0.4) is 0 Å². The van der Waals surface area contributed by atoms with Crippen molar-refractivity contribution in [1.82, 2.24) is 4.90 Å². The highest BCUT2D eigenvalue weighted by Gasteiger charge is 2.35. The van der Waals surface area contributed by atoms with Crippen LogP contribution >= 0.6 is 11.8 Å². The predicted octanol–water partition coefficient (Wildman–Crippen LogP) is 4.87. The van der Waals surface area contributed by atoms with Gasteiger partial charge < -0.3 is 24.8 Å². The molecule has 2 heterocycles. The van der Waals surface area contributed by atoms with Crippen LogP contribution in [-0.2, 0) is 4.74 Å². The monoisotopic (exact) mass is 457 g/mol. The summed E-state index contributed by atoms with van der Waals surface area (Å²) >= 11 is 1.49. The lowest BCUT2D eigenvalue weighted by atomic mass is 9.91. The number of nitrogens with zero attached hydrogens (tertiary/aromatic N) is 2. The van der Waals surface area contributed by atoms with Crippen molar-refractivity contribution in [2.75, 3.05) is 18.4 Å². The molecule has 3 aliphatic rings. The number of non-ortho nitro benzene ring substituents is 1. The maximum atomic E-state index is 11.1. The highest BCUT2D eigenvalue weighted by molar-refractivity contribution is 7.99. The Morgan fingerprint density at radius 1 is 1.06 bits per heavy atom. The number of hydrogen-bond acceptors (Lipinski definition) is 7. The Balaban J connectivity index is 1.13. The van der Waals surface area contributed by atoms with Gasteiger partial charge in [0.05, 0.1) is 28.5 Å². The molecule has 1 saturated carbocycles. The second kappa shape index (κ2) is 8.51. The Hall–Kier alpha value is -2.98. The summed E-state index contributed by atoms with van der Waals surface area (Å²) in [4.78, 5) is 24.9. The first-order valence-corrected chi connectivity index (χ1v) is 11.4. The van der Waals surface area contributed by atoms with Crippen molar-refractivity contribution in [3.63, 3.8) is 0 Å². The van der Waals surface area contributed by atoms with Gasteiger partial charge in [0, 0.05) is 47.9 Å². The van der Waals surface area contributed by atoms with Gasteiger partial charge in [0.1, 0.15) is 11.9 Å². The smallest absolute Gasteiger partial charge is 0.407 e. The van der Waals surface area contributed by atoms with E-state index in [1.807, 2.05) is 18.2 Å². The zero-order chi connectivity index (χ0) is 22.2. The summed E-state index contributed by atoms with van der Waals surface area (Å²) in [5, 5.41) is 23.4. The van der Waals surface area contributed by atoms with E-state index in [9.17, 15) is 14.9 Å². The molecule has 1 aliphatic carbocycles. The van der Waals surface area contributed by atoms with Crippen LogP contribution in [0.15, 0.2) is 46.2 Å². The minimum absolute atomic E-state index is 0.0723. The molecule has 0 aromatic heterocycles. The maximum Gasteiger partial charge on any atom is 0.407 e. The third-order valence-electron chi connectivity index (χ3n) is 6.07.